The van der Waals surface area contributed by atoms with Crippen LogP contribution in [-0.4, -0.2) is 29.5 Å². The first-order chi connectivity index (χ1) is 9.26. The number of aromatic nitrogens is 2. The third-order valence-corrected chi connectivity index (χ3v) is 2.76. The highest BCUT2D eigenvalue weighted by Crippen LogP contribution is 2.18. The fourth-order valence-corrected chi connectivity index (χ4v) is 1.82. The van der Waals surface area contributed by atoms with Gasteiger partial charge >= 0.3 is 0 Å². The van der Waals surface area contributed by atoms with Crippen molar-refractivity contribution in [3.05, 3.63) is 42.1 Å². The molecule has 2 rings (SSSR count). The zero-order valence-corrected chi connectivity index (χ0v) is 11.1. The van der Waals surface area contributed by atoms with Crippen LogP contribution in [0.4, 0.5) is 0 Å². The van der Waals surface area contributed by atoms with Crippen LogP contribution in [0.25, 0.3) is 11.3 Å². The molecule has 5 heteroatoms. The van der Waals surface area contributed by atoms with Gasteiger partial charge in [-0.2, -0.15) is 5.10 Å². The Hall–Kier alpha value is -2.14. The molecule has 1 aromatic carbocycles. The Bertz CT molecular complexity index is 549. The van der Waals surface area contributed by atoms with Gasteiger partial charge in [0.2, 0.25) is 0 Å². The van der Waals surface area contributed by atoms with Gasteiger partial charge in [0.05, 0.1) is 5.69 Å². The summed E-state index contributed by atoms with van der Waals surface area (Å²) in [7, 11) is 1.53. The molecule has 0 radical (unpaired) electrons. The number of hydrogen-bond donors (Lipinski definition) is 1. The molecule has 2 aromatic rings. The van der Waals surface area contributed by atoms with Gasteiger partial charge in [0.15, 0.2) is 0 Å². The predicted molar refractivity (Wildman–Crippen MR) is 72.7 cm³/mol. The van der Waals surface area contributed by atoms with Crippen molar-refractivity contribution in [2.75, 3.05) is 13.8 Å². The van der Waals surface area contributed by atoms with E-state index in [1.54, 1.807) is 10.7 Å². The Morgan fingerprint density at radius 1 is 1.37 bits per heavy atom. The number of carbonyl (C=O) groups is 1. The maximum Gasteiger partial charge on any atom is 0.271 e. The van der Waals surface area contributed by atoms with Gasteiger partial charge in [0, 0.05) is 19.2 Å². The molecular formula is C14H17N3O2. The Kier molecular flexibility index (Phi) is 4.30. The summed E-state index contributed by atoms with van der Waals surface area (Å²) in [6.45, 7) is 2.78. The number of hydrogen-bond acceptors (Lipinski definition) is 3. The van der Waals surface area contributed by atoms with Crippen LogP contribution < -0.4 is 5.32 Å². The third kappa shape index (κ3) is 3.00. The molecule has 100 valence electrons. The van der Waals surface area contributed by atoms with E-state index in [-0.39, 0.29) is 12.6 Å². The van der Waals surface area contributed by atoms with E-state index in [9.17, 15) is 4.79 Å². The Labute approximate surface area is 112 Å². The van der Waals surface area contributed by atoms with Crippen molar-refractivity contribution < 1.29 is 9.53 Å². The van der Waals surface area contributed by atoms with Crippen LogP contribution >= 0.6 is 0 Å². The molecule has 0 fully saturated rings. The standard InChI is InChI=1S/C14H17N3O2/c1-3-17-13(14(18)15-10-19-2)9-12(16-17)11-7-5-4-6-8-11/h4-9H,3,10H2,1-2H3,(H,15,18). The van der Waals surface area contributed by atoms with Crippen LogP contribution in [0.15, 0.2) is 36.4 Å². The summed E-state index contributed by atoms with van der Waals surface area (Å²) in [4.78, 5) is 12.0. The van der Waals surface area contributed by atoms with E-state index in [1.807, 2.05) is 37.3 Å². The lowest BCUT2D eigenvalue weighted by Crippen LogP contribution is -2.27. The van der Waals surface area contributed by atoms with Crippen LogP contribution in [0, 0.1) is 0 Å². The van der Waals surface area contributed by atoms with Gasteiger partial charge in [0.1, 0.15) is 12.4 Å². The topological polar surface area (TPSA) is 56.2 Å². The number of aryl methyl sites for hydroxylation is 1. The summed E-state index contributed by atoms with van der Waals surface area (Å²) < 4.78 is 6.53. The monoisotopic (exact) mass is 259 g/mol. The smallest absolute Gasteiger partial charge is 0.271 e. The van der Waals surface area contributed by atoms with E-state index in [1.165, 1.54) is 7.11 Å². The van der Waals surface area contributed by atoms with Crippen LogP contribution in [0.2, 0.25) is 0 Å². The number of nitrogens with zero attached hydrogens (tertiary/aromatic N) is 2. The highest BCUT2D eigenvalue weighted by Gasteiger charge is 2.14. The highest BCUT2D eigenvalue weighted by molar-refractivity contribution is 5.93. The number of carbonyl (C=O) groups excluding carboxylic acids is 1. The SMILES string of the molecule is CCn1nc(-c2ccccc2)cc1C(=O)NCOC. The molecule has 0 atom stereocenters. The van der Waals surface area contributed by atoms with Gasteiger partial charge in [-0.1, -0.05) is 30.3 Å². The molecule has 0 aliphatic rings. The van der Waals surface area contributed by atoms with Crippen LogP contribution in [0.3, 0.4) is 0 Å². The highest BCUT2D eigenvalue weighted by atomic mass is 16.5. The van der Waals surface area contributed by atoms with Gasteiger partial charge in [0.25, 0.3) is 5.91 Å². The average molecular weight is 259 g/mol. The lowest BCUT2D eigenvalue weighted by Gasteiger charge is -2.04. The first-order valence-electron chi connectivity index (χ1n) is 6.16. The fourth-order valence-electron chi connectivity index (χ4n) is 1.82. The second kappa shape index (κ2) is 6.15. The lowest BCUT2D eigenvalue weighted by molar-refractivity contribution is 0.0861. The van der Waals surface area contributed by atoms with Gasteiger partial charge in [-0.15, -0.1) is 0 Å². The minimum atomic E-state index is -0.182. The third-order valence-electron chi connectivity index (χ3n) is 2.76. The molecular weight excluding hydrogens is 242 g/mol. The van der Waals surface area contributed by atoms with Gasteiger partial charge in [-0.3, -0.25) is 9.48 Å². The van der Waals surface area contributed by atoms with Crippen molar-refractivity contribution in [3.63, 3.8) is 0 Å². The van der Waals surface area contributed by atoms with Gasteiger partial charge in [-0.05, 0) is 13.0 Å². The van der Waals surface area contributed by atoms with Gasteiger partial charge in [-0.25, -0.2) is 0 Å². The summed E-state index contributed by atoms with van der Waals surface area (Å²) >= 11 is 0. The summed E-state index contributed by atoms with van der Waals surface area (Å²) in [6, 6.07) is 11.6. The molecule has 1 aromatic heterocycles. The second-order valence-electron chi connectivity index (χ2n) is 4.04. The number of nitrogens with one attached hydrogen (secondary N) is 1. The average Bonchev–Trinajstić information content (AvgIpc) is 2.90. The van der Waals surface area contributed by atoms with Crippen molar-refractivity contribution in [1.29, 1.82) is 0 Å². The molecule has 19 heavy (non-hydrogen) atoms. The summed E-state index contributed by atoms with van der Waals surface area (Å²) in [5.41, 5.74) is 2.33. The molecule has 1 heterocycles. The first-order valence-corrected chi connectivity index (χ1v) is 6.16. The van der Waals surface area contributed by atoms with E-state index in [0.717, 1.165) is 11.3 Å². The minimum Gasteiger partial charge on any atom is -0.364 e. The van der Waals surface area contributed by atoms with Crippen LogP contribution in [0.5, 0.6) is 0 Å². The lowest BCUT2D eigenvalue weighted by atomic mass is 10.1. The minimum absolute atomic E-state index is 0.182. The molecule has 5 nitrogen and oxygen atoms in total. The molecule has 0 spiro atoms. The van der Waals surface area contributed by atoms with E-state index < -0.39 is 0 Å². The molecule has 0 aliphatic carbocycles. The molecule has 0 saturated carbocycles. The summed E-state index contributed by atoms with van der Waals surface area (Å²) in [5.74, 6) is -0.182. The van der Waals surface area contributed by atoms with E-state index in [4.69, 9.17) is 4.74 Å². The number of ether oxygens (including phenoxy) is 1. The van der Waals surface area contributed by atoms with Crippen molar-refractivity contribution in [3.8, 4) is 11.3 Å². The van der Waals surface area contributed by atoms with E-state index in [2.05, 4.69) is 10.4 Å². The van der Waals surface area contributed by atoms with Gasteiger partial charge < -0.3 is 10.1 Å². The van der Waals surface area contributed by atoms with Crippen molar-refractivity contribution in [1.82, 2.24) is 15.1 Å². The molecule has 0 bridgehead atoms. The molecule has 0 aliphatic heterocycles. The zero-order chi connectivity index (χ0) is 13.7. The largest absolute Gasteiger partial charge is 0.364 e. The quantitative estimate of drug-likeness (QED) is 0.834. The predicted octanol–water partition coefficient (Wildman–Crippen LogP) is 1.90. The molecule has 1 N–H and O–H groups in total. The number of rotatable bonds is 5. The van der Waals surface area contributed by atoms with Crippen molar-refractivity contribution >= 4 is 5.91 Å². The Morgan fingerprint density at radius 3 is 2.74 bits per heavy atom. The van der Waals surface area contributed by atoms with Crippen molar-refractivity contribution in [2.24, 2.45) is 0 Å². The van der Waals surface area contributed by atoms with E-state index >= 15 is 0 Å². The zero-order valence-electron chi connectivity index (χ0n) is 11.1. The maximum atomic E-state index is 12.0. The Morgan fingerprint density at radius 2 is 2.11 bits per heavy atom. The number of amides is 1. The second-order valence-corrected chi connectivity index (χ2v) is 4.04. The summed E-state index contributed by atoms with van der Waals surface area (Å²) in [6.07, 6.45) is 0. The number of benzene rings is 1. The molecule has 0 saturated heterocycles. The fraction of sp³-hybridized carbons (Fsp3) is 0.286. The first kappa shape index (κ1) is 13.3. The van der Waals surface area contributed by atoms with Crippen molar-refractivity contribution in [2.45, 2.75) is 13.5 Å². The van der Waals surface area contributed by atoms with E-state index in [0.29, 0.717) is 12.2 Å². The molecule has 1 amide bonds. The maximum absolute atomic E-state index is 12.0. The summed E-state index contributed by atoms with van der Waals surface area (Å²) in [5, 5.41) is 7.11. The normalized spacial score (nSPS) is 10.4. The Balaban J connectivity index is 2.30. The molecule has 0 unspecified atom stereocenters. The number of methoxy groups -OCH3 is 1. The van der Waals surface area contributed by atoms with Crippen LogP contribution in [-0.2, 0) is 11.3 Å². The van der Waals surface area contributed by atoms with Crippen LogP contribution in [0.1, 0.15) is 17.4 Å².